The van der Waals surface area contributed by atoms with E-state index in [1.807, 2.05) is 38.1 Å². The third kappa shape index (κ3) is 4.51. The van der Waals surface area contributed by atoms with E-state index in [-0.39, 0.29) is 18.4 Å². The first-order chi connectivity index (χ1) is 15.6. The van der Waals surface area contributed by atoms with Gasteiger partial charge in [0, 0.05) is 12.2 Å². The zero-order valence-electron chi connectivity index (χ0n) is 18.0. The number of hydrogen-bond donors (Lipinski definition) is 1. The molecule has 0 aromatic heterocycles. The van der Waals surface area contributed by atoms with Gasteiger partial charge in [-0.25, -0.2) is 0 Å². The van der Waals surface area contributed by atoms with Crippen molar-refractivity contribution in [3.8, 4) is 23.0 Å². The number of anilines is 2. The second-order valence-corrected chi connectivity index (χ2v) is 7.07. The molecule has 3 aromatic rings. The molecule has 3 aromatic carbocycles. The standard InChI is InChI=1S/C25H24N2O5/c1-3-27-21-7-5-6-8-23(21)32-22-14-9-17(15-20(22)25(27)29)26-24(28)16-31-19-12-10-18(11-13-19)30-4-2/h5-15H,3-4,16H2,1-2H3,(H,26,28). The number of carbonyl (C=O) groups is 2. The minimum absolute atomic E-state index is 0.165. The van der Waals surface area contributed by atoms with E-state index in [1.165, 1.54) is 0 Å². The highest BCUT2D eigenvalue weighted by Gasteiger charge is 2.27. The topological polar surface area (TPSA) is 77.1 Å². The molecular formula is C25H24N2O5. The number of rotatable bonds is 7. The predicted octanol–water partition coefficient (Wildman–Crippen LogP) is 4.88. The minimum atomic E-state index is -0.337. The van der Waals surface area contributed by atoms with Gasteiger partial charge in [0.25, 0.3) is 11.8 Å². The van der Waals surface area contributed by atoms with Gasteiger partial charge in [-0.05, 0) is 68.4 Å². The summed E-state index contributed by atoms with van der Waals surface area (Å²) in [5.74, 6) is 1.84. The molecule has 0 saturated heterocycles. The van der Waals surface area contributed by atoms with Crippen molar-refractivity contribution in [3.63, 3.8) is 0 Å². The summed E-state index contributed by atoms with van der Waals surface area (Å²) < 4.78 is 16.9. The maximum Gasteiger partial charge on any atom is 0.262 e. The lowest BCUT2D eigenvalue weighted by Gasteiger charge is -2.19. The minimum Gasteiger partial charge on any atom is -0.494 e. The van der Waals surface area contributed by atoms with Crippen molar-refractivity contribution in [2.24, 2.45) is 0 Å². The zero-order chi connectivity index (χ0) is 22.5. The molecule has 0 radical (unpaired) electrons. The van der Waals surface area contributed by atoms with Crippen molar-refractivity contribution < 1.29 is 23.8 Å². The molecule has 0 aliphatic carbocycles. The monoisotopic (exact) mass is 432 g/mol. The van der Waals surface area contributed by atoms with Gasteiger partial charge >= 0.3 is 0 Å². The van der Waals surface area contributed by atoms with Crippen LogP contribution in [0.25, 0.3) is 0 Å². The fourth-order valence-electron chi connectivity index (χ4n) is 3.46. The molecule has 32 heavy (non-hydrogen) atoms. The largest absolute Gasteiger partial charge is 0.494 e. The Morgan fingerprint density at radius 1 is 0.938 bits per heavy atom. The molecule has 7 heteroatoms. The molecule has 0 unspecified atom stereocenters. The van der Waals surface area contributed by atoms with Gasteiger partial charge in [0.05, 0.1) is 17.9 Å². The Morgan fingerprint density at radius 2 is 1.66 bits per heavy atom. The van der Waals surface area contributed by atoms with Crippen LogP contribution in [0.4, 0.5) is 11.4 Å². The van der Waals surface area contributed by atoms with E-state index in [4.69, 9.17) is 14.2 Å². The molecule has 0 fully saturated rings. The Balaban J connectivity index is 1.45. The summed E-state index contributed by atoms with van der Waals surface area (Å²) in [5, 5.41) is 2.77. The smallest absolute Gasteiger partial charge is 0.262 e. The Bertz CT molecular complexity index is 1130. The van der Waals surface area contributed by atoms with Crippen molar-refractivity contribution >= 4 is 23.2 Å². The number of carbonyl (C=O) groups excluding carboxylic acids is 2. The number of nitrogens with one attached hydrogen (secondary N) is 1. The highest BCUT2D eigenvalue weighted by molar-refractivity contribution is 6.10. The Morgan fingerprint density at radius 3 is 2.38 bits per heavy atom. The molecule has 0 spiro atoms. The van der Waals surface area contributed by atoms with Crippen molar-refractivity contribution in [2.45, 2.75) is 13.8 Å². The highest BCUT2D eigenvalue weighted by atomic mass is 16.5. The molecule has 1 aliphatic heterocycles. The van der Waals surface area contributed by atoms with Crippen molar-refractivity contribution in [3.05, 3.63) is 72.3 Å². The van der Waals surface area contributed by atoms with Crippen LogP contribution in [0, 0.1) is 0 Å². The fourth-order valence-corrected chi connectivity index (χ4v) is 3.46. The molecule has 0 saturated carbocycles. The lowest BCUT2D eigenvalue weighted by molar-refractivity contribution is -0.118. The second kappa shape index (κ2) is 9.43. The molecule has 0 atom stereocenters. The van der Waals surface area contributed by atoms with Gasteiger partial charge in [-0.1, -0.05) is 12.1 Å². The van der Waals surface area contributed by atoms with Crippen LogP contribution in [0.5, 0.6) is 23.0 Å². The van der Waals surface area contributed by atoms with Gasteiger partial charge in [0.15, 0.2) is 12.4 Å². The summed E-state index contributed by atoms with van der Waals surface area (Å²) >= 11 is 0. The third-order valence-electron chi connectivity index (χ3n) is 4.94. The summed E-state index contributed by atoms with van der Waals surface area (Å²) in [7, 11) is 0. The van der Waals surface area contributed by atoms with Gasteiger partial charge < -0.3 is 24.4 Å². The van der Waals surface area contributed by atoms with E-state index in [1.54, 1.807) is 47.4 Å². The van der Waals surface area contributed by atoms with Crippen molar-refractivity contribution in [1.29, 1.82) is 0 Å². The number of ether oxygens (including phenoxy) is 3. The molecule has 1 N–H and O–H groups in total. The lowest BCUT2D eigenvalue weighted by atomic mass is 10.1. The summed E-state index contributed by atoms with van der Waals surface area (Å²) in [6, 6.07) is 19.5. The normalized spacial score (nSPS) is 12.2. The first-order valence-electron chi connectivity index (χ1n) is 10.5. The number of fused-ring (bicyclic) bond motifs is 2. The van der Waals surface area contributed by atoms with Crippen molar-refractivity contribution in [2.75, 3.05) is 30.0 Å². The van der Waals surface area contributed by atoms with Crippen LogP contribution in [0.1, 0.15) is 24.2 Å². The molecule has 0 bridgehead atoms. The van der Waals surface area contributed by atoms with E-state index < -0.39 is 0 Å². The quantitative estimate of drug-likeness (QED) is 0.576. The number of amides is 2. The summed E-state index contributed by atoms with van der Waals surface area (Å²) in [6.07, 6.45) is 0. The van der Waals surface area contributed by atoms with Crippen LogP contribution in [-0.2, 0) is 4.79 Å². The van der Waals surface area contributed by atoms with Gasteiger partial charge in [-0.3, -0.25) is 9.59 Å². The van der Waals surface area contributed by atoms with Gasteiger partial charge in [-0.15, -0.1) is 0 Å². The number of nitrogens with zero attached hydrogens (tertiary/aromatic N) is 1. The molecule has 1 aliphatic rings. The van der Waals surface area contributed by atoms with E-state index >= 15 is 0 Å². The number of hydrogen-bond acceptors (Lipinski definition) is 5. The first-order valence-corrected chi connectivity index (χ1v) is 10.5. The van der Waals surface area contributed by atoms with Crippen molar-refractivity contribution in [1.82, 2.24) is 0 Å². The Labute approximate surface area is 186 Å². The van der Waals surface area contributed by atoms with Crippen LogP contribution >= 0.6 is 0 Å². The summed E-state index contributed by atoms with van der Waals surface area (Å²) in [4.78, 5) is 27.2. The number of para-hydroxylation sites is 2. The molecule has 1 heterocycles. The van der Waals surface area contributed by atoms with E-state index in [0.717, 1.165) is 5.75 Å². The first kappa shape index (κ1) is 21.2. The average molecular weight is 432 g/mol. The SMILES string of the molecule is CCOc1ccc(OCC(=O)Nc2ccc3c(c2)C(=O)N(CC)c2ccccc2O3)cc1. The molecule has 4 rings (SSSR count). The third-order valence-corrected chi connectivity index (χ3v) is 4.94. The van der Waals surface area contributed by atoms with Crippen LogP contribution in [-0.4, -0.2) is 31.6 Å². The Hall–Kier alpha value is -4.00. The summed E-state index contributed by atoms with van der Waals surface area (Å²) in [5.41, 5.74) is 1.59. The van der Waals surface area contributed by atoms with Crippen LogP contribution in [0.2, 0.25) is 0 Å². The van der Waals surface area contributed by atoms with Gasteiger partial charge in [-0.2, -0.15) is 0 Å². The predicted molar refractivity (Wildman–Crippen MR) is 122 cm³/mol. The summed E-state index contributed by atoms with van der Waals surface area (Å²) in [6.45, 7) is 4.73. The van der Waals surface area contributed by atoms with Crippen LogP contribution in [0.15, 0.2) is 66.7 Å². The van der Waals surface area contributed by atoms with E-state index in [0.29, 0.717) is 47.3 Å². The van der Waals surface area contributed by atoms with Gasteiger partial charge in [0.1, 0.15) is 17.2 Å². The average Bonchev–Trinajstić information content (AvgIpc) is 2.92. The van der Waals surface area contributed by atoms with Crippen LogP contribution < -0.4 is 24.4 Å². The zero-order valence-corrected chi connectivity index (χ0v) is 18.0. The molecular weight excluding hydrogens is 408 g/mol. The molecule has 7 nitrogen and oxygen atoms in total. The molecule has 164 valence electrons. The van der Waals surface area contributed by atoms with Gasteiger partial charge in [0.2, 0.25) is 0 Å². The highest BCUT2D eigenvalue weighted by Crippen LogP contribution is 2.39. The van der Waals surface area contributed by atoms with Crippen LogP contribution in [0.3, 0.4) is 0 Å². The van der Waals surface area contributed by atoms with E-state index in [9.17, 15) is 9.59 Å². The Kier molecular flexibility index (Phi) is 6.26. The fraction of sp³-hybridized carbons (Fsp3) is 0.200. The maximum atomic E-state index is 13.2. The molecule has 2 amide bonds. The van der Waals surface area contributed by atoms with E-state index in [2.05, 4.69) is 5.32 Å². The lowest BCUT2D eigenvalue weighted by Crippen LogP contribution is -2.30. The number of benzene rings is 3. The second-order valence-electron chi connectivity index (χ2n) is 7.07. The maximum absolute atomic E-state index is 13.2.